The molecule has 0 aliphatic carbocycles. The lowest BCUT2D eigenvalue weighted by Crippen LogP contribution is -2.34. The number of fused-ring (bicyclic) bond motifs is 1. The minimum atomic E-state index is -0.407. The van der Waals surface area contributed by atoms with Crippen LogP contribution in [0.5, 0.6) is 5.75 Å². The highest BCUT2D eigenvalue weighted by Crippen LogP contribution is 2.43. The van der Waals surface area contributed by atoms with E-state index < -0.39 is 5.82 Å². The second-order valence-electron chi connectivity index (χ2n) is 7.34. The van der Waals surface area contributed by atoms with Crippen LogP contribution in [0.1, 0.15) is 29.5 Å². The lowest BCUT2D eigenvalue weighted by molar-refractivity contribution is -0.121. The van der Waals surface area contributed by atoms with Crippen LogP contribution in [0.4, 0.5) is 10.1 Å². The summed E-state index contributed by atoms with van der Waals surface area (Å²) in [5.41, 5.74) is 3.53. The molecule has 1 saturated heterocycles. The number of benzene rings is 2. The number of ether oxygens (including phenoxy) is 1. The van der Waals surface area contributed by atoms with Crippen molar-refractivity contribution in [3.05, 3.63) is 46.8 Å². The predicted molar refractivity (Wildman–Crippen MR) is 105 cm³/mol. The van der Waals surface area contributed by atoms with Crippen molar-refractivity contribution < 1.29 is 18.7 Å². The fourth-order valence-corrected chi connectivity index (χ4v) is 4.17. The number of methoxy groups -OCH3 is 1. The maximum Gasteiger partial charge on any atom is 0.234 e. The molecule has 1 fully saturated rings. The van der Waals surface area contributed by atoms with Gasteiger partial charge >= 0.3 is 0 Å². The van der Waals surface area contributed by atoms with Gasteiger partial charge in [0.1, 0.15) is 17.6 Å². The van der Waals surface area contributed by atoms with E-state index in [1.807, 2.05) is 7.05 Å². The third-order valence-corrected chi connectivity index (χ3v) is 5.54. The lowest BCUT2D eigenvalue weighted by atomic mass is 9.86. The quantitative estimate of drug-likeness (QED) is 0.750. The zero-order valence-corrected chi connectivity index (χ0v) is 16.3. The van der Waals surface area contributed by atoms with Gasteiger partial charge in [0.25, 0.3) is 0 Å². The summed E-state index contributed by atoms with van der Waals surface area (Å²) in [5, 5.41) is 9.85. The number of halogens is 1. The first kappa shape index (κ1) is 19.1. The standard InChI is InChI=1S/C22H20FN3O3/c1-25-8-7-15-16(17-10-14(23)3-4-19(17)29-2)9-13(11-24)22(18(15)12-25)26-20(27)5-6-21(26)28/h3-4,9-10H,5-8,12H2,1-2H3. The number of amides is 2. The van der Waals surface area contributed by atoms with E-state index in [1.54, 1.807) is 12.1 Å². The van der Waals surface area contributed by atoms with Gasteiger partial charge in [0, 0.05) is 31.5 Å². The Morgan fingerprint density at radius 3 is 2.45 bits per heavy atom. The summed E-state index contributed by atoms with van der Waals surface area (Å²) in [4.78, 5) is 28.1. The molecule has 7 heteroatoms. The van der Waals surface area contributed by atoms with Gasteiger partial charge in [-0.25, -0.2) is 9.29 Å². The Morgan fingerprint density at radius 1 is 1.07 bits per heavy atom. The molecule has 29 heavy (non-hydrogen) atoms. The van der Waals surface area contributed by atoms with E-state index >= 15 is 0 Å². The average Bonchev–Trinajstić information content (AvgIpc) is 3.04. The summed E-state index contributed by atoms with van der Waals surface area (Å²) in [6.07, 6.45) is 0.942. The fraction of sp³-hybridized carbons (Fsp3) is 0.318. The summed E-state index contributed by atoms with van der Waals surface area (Å²) >= 11 is 0. The molecule has 0 aromatic heterocycles. The molecule has 4 rings (SSSR count). The number of nitriles is 1. The molecule has 2 aliphatic heterocycles. The van der Waals surface area contributed by atoms with Crippen LogP contribution in [-0.2, 0) is 22.6 Å². The van der Waals surface area contributed by atoms with Gasteiger partial charge in [0.05, 0.1) is 18.4 Å². The molecular weight excluding hydrogens is 373 g/mol. The SMILES string of the molecule is COc1ccc(F)cc1-c1cc(C#N)c(N2C(=O)CCC2=O)c2c1CCN(C)C2. The summed E-state index contributed by atoms with van der Waals surface area (Å²) in [7, 11) is 3.46. The first-order chi connectivity index (χ1) is 13.9. The van der Waals surface area contributed by atoms with E-state index in [0.717, 1.165) is 22.6 Å². The number of carbonyl (C=O) groups excluding carboxylic acids is 2. The number of carbonyl (C=O) groups is 2. The van der Waals surface area contributed by atoms with Crippen LogP contribution in [0, 0.1) is 17.1 Å². The highest BCUT2D eigenvalue weighted by molar-refractivity contribution is 6.21. The van der Waals surface area contributed by atoms with Gasteiger partial charge in [-0.2, -0.15) is 5.26 Å². The Labute approximate surface area is 168 Å². The maximum absolute atomic E-state index is 14.0. The highest BCUT2D eigenvalue weighted by Gasteiger charge is 2.36. The number of likely N-dealkylation sites (N-methyl/N-ethyl adjacent to an activating group) is 1. The van der Waals surface area contributed by atoms with Crippen molar-refractivity contribution in [2.75, 3.05) is 25.6 Å². The monoisotopic (exact) mass is 393 g/mol. The van der Waals surface area contributed by atoms with Gasteiger partial charge in [0.2, 0.25) is 11.8 Å². The maximum atomic E-state index is 14.0. The van der Waals surface area contributed by atoms with Gasteiger partial charge in [0.15, 0.2) is 0 Å². The summed E-state index contributed by atoms with van der Waals surface area (Å²) in [6.45, 7) is 1.26. The molecule has 2 aromatic carbocycles. The Morgan fingerprint density at radius 2 is 1.79 bits per heavy atom. The Hall–Kier alpha value is -3.24. The first-order valence-corrected chi connectivity index (χ1v) is 9.41. The number of hydrogen-bond acceptors (Lipinski definition) is 5. The number of hydrogen-bond donors (Lipinski definition) is 0. The molecule has 2 aliphatic rings. The van der Waals surface area contributed by atoms with E-state index in [9.17, 15) is 19.2 Å². The molecule has 2 amide bonds. The highest BCUT2D eigenvalue weighted by atomic mass is 19.1. The van der Waals surface area contributed by atoms with Gasteiger partial charge in [-0.15, -0.1) is 0 Å². The zero-order valence-electron chi connectivity index (χ0n) is 16.3. The normalized spacial score (nSPS) is 16.7. The number of imide groups is 1. The van der Waals surface area contributed by atoms with Crippen LogP contribution in [0.3, 0.4) is 0 Å². The summed E-state index contributed by atoms with van der Waals surface area (Å²) < 4.78 is 19.5. The average molecular weight is 393 g/mol. The van der Waals surface area contributed by atoms with Crippen molar-refractivity contribution in [1.29, 1.82) is 5.26 Å². The van der Waals surface area contributed by atoms with Crippen LogP contribution in [0.25, 0.3) is 11.1 Å². The van der Waals surface area contributed by atoms with E-state index in [-0.39, 0.29) is 30.2 Å². The topological polar surface area (TPSA) is 73.6 Å². The van der Waals surface area contributed by atoms with Crippen molar-refractivity contribution in [2.45, 2.75) is 25.8 Å². The molecule has 0 radical (unpaired) electrons. The third-order valence-electron chi connectivity index (χ3n) is 5.54. The fourth-order valence-electron chi connectivity index (χ4n) is 4.17. The van der Waals surface area contributed by atoms with Crippen LogP contribution in [0.15, 0.2) is 24.3 Å². The van der Waals surface area contributed by atoms with Gasteiger partial charge in [-0.1, -0.05) is 0 Å². The number of nitrogens with zero attached hydrogens (tertiary/aromatic N) is 3. The first-order valence-electron chi connectivity index (χ1n) is 9.41. The number of rotatable bonds is 3. The largest absolute Gasteiger partial charge is 0.496 e. The van der Waals surface area contributed by atoms with E-state index in [0.29, 0.717) is 35.5 Å². The molecule has 0 saturated carbocycles. The molecule has 148 valence electrons. The lowest BCUT2D eigenvalue weighted by Gasteiger charge is -2.32. The van der Waals surface area contributed by atoms with E-state index in [4.69, 9.17) is 4.74 Å². The molecule has 0 unspecified atom stereocenters. The van der Waals surface area contributed by atoms with Crippen molar-refractivity contribution in [3.8, 4) is 22.9 Å². The van der Waals surface area contributed by atoms with Crippen molar-refractivity contribution in [2.24, 2.45) is 0 Å². The second-order valence-corrected chi connectivity index (χ2v) is 7.34. The second kappa shape index (κ2) is 7.30. The molecule has 6 nitrogen and oxygen atoms in total. The molecule has 2 aromatic rings. The predicted octanol–water partition coefficient (Wildman–Crippen LogP) is 3.01. The smallest absolute Gasteiger partial charge is 0.234 e. The van der Waals surface area contributed by atoms with Crippen molar-refractivity contribution in [1.82, 2.24) is 4.90 Å². The minimum absolute atomic E-state index is 0.147. The van der Waals surface area contributed by atoms with Gasteiger partial charge < -0.3 is 9.64 Å². The Kier molecular flexibility index (Phi) is 4.81. The van der Waals surface area contributed by atoms with Crippen LogP contribution < -0.4 is 9.64 Å². The molecular formula is C22H20FN3O3. The molecule has 0 atom stereocenters. The van der Waals surface area contributed by atoms with Crippen molar-refractivity contribution in [3.63, 3.8) is 0 Å². The van der Waals surface area contributed by atoms with E-state index in [2.05, 4.69) is 11.0 Å². The van der Waals surface area contributed by atoms with Gasteiger partial charge in [-0.05, 0) is 54.4 Å². The van der Waals surface area contributed by atoms with Crippen LogP contribution in [-0.4, -0.2) is 37.4 Å². The summed E-state index contributed by atoms with van der Waals surface area (Å²) in [6, 6.07) is 8.06. The van der Waals surface area contributed by atoms with Crippen molar-refractivity contribution >= 4 is 17.5 Å². The number of anilines is 1. The third kappa shape index (κ3) is 3.15. The molecule has 0 N–H and O–H groups in total. The van der Waals surface area contributed by atoms with Crippen LogP contribution in [0.2, 0.25) is 0 Å². The molecule has 2 heterocycles. The zero-order chi connectivity index (χ0) is 20.7. The molecule has 0 bridgehead atoms. The summed E-state index contributed by atoms with van der Waals surface area (Å²) in [5.74, 6) is -0.497. The van der Waals surface area contributed by atoms with Gasteiger partial charge in [-0.3, -0.25) is 9.59 Å². The Balaban J connectivity index is 2.03. The minimum Gasteiger partial charge on any atom is -0.496 e. The van der Waals surface area contributed by atoms with Crippen LogP contribution >= 0.6 is 0 Å². The molecule has 0 spiro atoms. The van der Waals surface area contributed by atoms with E-state index in [1.165, 1.54) is 19.2 Å². The Bertz CT molecular complexity index is 1060.